The smallest absolute Gasteiger partial charge is 0.242 e. The summed E-state index contributed by atoms with van der Waals surface area (Å²) >= 11 is 1.70. The molecule has 1 rings (SSSR count). The number of aliphatic hydroxyl groups excluding tert-OH is 1. The van der Waals surface area contributed by atoms with Crippen LogP contribution in [-0.4, -0.2) is 44.3 Å². The van der Waals surface area contributed by atoms with Crippen molar-refractivity contribution in [3.05, 3.63) is 29.8 Å². The van der Waals surface area contributed by atoms with Crippen molar-refractivity contribution >= 4 is 21.8 Å². The molecule has 0 amide bonds. The van der Waals surface area contributed by atoms with E-state index < -0.39 is 10.0 Å². The first kappa shape index (κ1) is 16.5. The zero-order chi connectivity index (χ0) is 14.5. The van der Waals surface area contributed by atoms with Gasteiger partial charge in [0.1, 0.15) is 0 Å². The van der Waals surface area contributed by atoms with E-state index in [2.05, 4.69) is 0 Å². The van der Waals surface area contributed by atoms with Crippen molar-refractivity contribution < 1.29 is 13.5 Å². The van der Waals surface area contributed by atoms with E-state index in [1.54, 1.807) is 30.0 Å². The van der Waals surface area contributed by atoms with Gasteiger partial charge in [0.25, 0.3) is 0 Å². The van der Waals surface area contributed by atoms with Crippen LogP contribution < -0.4 is 0 Å². The number of rotatable bonds is 7. The summed E-state index contributed by atoms with van der Waals surface area (Å²) in [4.78, 5) is 0.325. The van der Waals surface area contributed by atoms with Gasteiger partial charge in [0.05, 0.1) is 4.90 Å². The Balaban J connectivity index is 2.73. The van der Waals surface area contributed by atoms with Crippen LogP contribution in [0, 0.1) is 5.92 Å². The third-order valence-electron chi connectivity index (χ3n) is 2.66. The maximum absolute atomic E-state index is 12.0. The lowest BCUT2D eigenvalue weighted by Crippen LogP contribution is -2.22. The van der Waals surface area contributed by atoms with Gasteiger partial charge in [-0.25, -0.2) is 12.7 Å². The lowest BCUT2D eigenvalue weighted by molar-refractivity contribution is 0.250. The van der Waals surface area contributed by atoms with Crippen LogP contribution in [0.15, 0.2) is 29.2 Å². The first-order valence-corrected chi connectivity index (χ1v) is 8.67. The second kappa shape index (κ2) is 7.28. The first-order valence-electron chi connectivity index (χ1n) is 6.08. The van der Waals surface area contributed by atoms with Gasteiger partial charge in [0.2, 0.25) is 10.0 Å². The lowest BCUT2D eigenvalue weighted by atomic mass is 10.2. The Kier molecular flexibility index (Phi) is 6.32. The van der Waals surface area contributed by atoms with Gasteiger partial charge < -0.3 is 5.11 Å². The average Bonchev–Trinajstić information content (AvgIpc) is 2.38. The Morgan fingerprint density at radius 3 is 2.63 bits per heavy atom. The number of thioether (sulfide) groups is 1. The van der Waals surface area contributed by atoms with Gasteiger partial charge in [-0.1, -0.05) is 19.1 Å². The molecule has 0 saturated carbocycles. The van der Waals surface area contributed by atoms with Gasteiger partial charge in [-0.15, -0.1) is 0 Å². The molecule has 0 aliphatic heterocycles. The van der Waals surface area contributed by atoms with E-state index in [9.17, 15) is 8.42 Å². The van der Waals surface area contributed by atoms with Gasteiger partial charge in [-0.2, -0.15) is 11.8 Å². The molecular weight excluding hydrogens is 282 g/mol. The molecule has 0 bridgehead atoms. The van der Waals surface area contributed by atoms with Crippen molar-refractivity contribution in [3.63, 3.8) is 0 Å². The molecule has 0 heterocycles. The van der Waals surface area contributed by atoms with Crippen molar-refractivity contribution in [2.45, 2.75) is 17.6 Å². The second-order valence-electron chi connectivity index (χ2n) is 4.74. The van der Waals surface area contributed by atoms with Crippen LogP contribution in [0.25, 0.3) is 0 Å². The third kappa shape index (κ3) is 4.80. The number of benzene rings is 1. The van der Waals surface area contributed by atoms with Crippen molar-refractivity contribution in [1.82, 2.24) is 4.31 Å². The normalized spacial score (nSPS) is 13.7. The molecule has 4 nitrogen and oxygen atoms in total. The maximum atomic E-state index is 12.0. The first-order chi connectivity index (χ1) is 8.87. The Labute approximate surface area is 119 Å². The fourth-order valence-corrected chi connectivity index (χ4v) is 3.45. The fourth-order valence-electron chi connectivity index (χ4n) is 1.44. The number of hydrogen-bond acceptors (Lipinski definition) is 4. The molecule has 0 fully saturated rings. The molecule has 1 aromatic carbocycles. The predicted molar refractivity (Wildman–Crippen MR) is 79.7 cm³/mol. The van der Waals surface area contributed by atoms with Gasteiger partial charge >= 0.3 is 0 Å². The lowest BCUT2D eigenvalue weighted by Gasteiger charge is -2.12. The summed E-state index contributed by atoms with van der Waals surface area (Å²) in [6.45, 7) is 2.17. The van der Waals surface area contributed by atoms with Gasteiger partial charge in [-0.3, -0.25) is 0 Å². The standard InChI is InChI=1S/C13H21NO3S2/c1-11(8-15)9-18-10-12-5-4-6-13(7-12)19(16,17)14(2)3/h4-7,11,15H,8-10H2,1-3H3. The summed E-state index contributed by atoms with van der Waals surface area (Å²) in [5.74, 6) is 1.88. The monoisotopic (exact) mass is 303 g/mol. The summed E-state index contributed by atoms with van der Waals surface area (Å²) in [6, 6.07) is 7.01. The van der Waals surface area contributed by atoms with Crippen LogP contribution in [0.2, 0.25) is 0 Å². The van der Waals surface area contributed by atoms with E-state index in [0.29, 0.717) is 4.90 Å². The summed E-state index contributed by atoms with van der Waals surface area (Å²) in [6.07, 6.45) is 0. The number of sulfonamides is 1. The van der Waals surface area contributed by atoms with Crippen molar-refractivity contribution in [1.29, 1.82) is 0 Å². The summed E-state index contributed by atoms with van der Waals surface area (Å²) in [7, 11) is -0.306. The van der Waals surface area contributed by atoms with E-state index in [4.69, 9.17) is 5.11 Å². The molecule has 1 N–H and O–H groups in total. The van der Waals surface area contributed by atoms with Crippen LogP contribution in [0.3, 0.4) is 0 Å². The van der Waals surface area contributed by atoms with Crippen LogP contribution in [0.4, 0.5) is 0 Å². The topological polar surface area (TPSA) is 57.6 Å². The Morgan fingerprint density at radius 2 is 2.05 bits per heavy atom. The molecule has 1 atom stereocenters. The number of nitrogens with zero attached hydrogens (tertiary/aromatic N) is 1. The van der Waals surface area contributed by atoms with Crippen LogP contribution >= 0.6 is 11.8 Å². The molecule has 0 radical (unpaired) electrons. The quantitative estimate of drug-likeness (QED) is 0.834. The van der Waals surface area contributed by atoms with Crippen LogP contribution in [0.1, 0.15) is 12.5 Å². The van der Waals surface area contributed by atoms with E-state index in [-0.39, 0.29) is 12.5 Å². The molecule has 0 aromatic heterocycles. The Morgan fingerprint density at radius 1 is 1.37 bits per heavy atom. The Bertz CT molecular complexity index is 500. The van der Waals surface area contributed by atoms with Crippen molar-refractivity contribution in [2.24, 2.45) is 5.92 Å². The molecule has 1 aromatic rings. The van der Waals surface area contributed by atoms with Gasteiger partial charge in [-0.05, 0) is 29.4 Å². The second-order valence-corrected chi connectivity index (χ2v) is 7.92. The van der Waals surface area contributed by atoms with Crippen LogP contribution in [0.5, 0.6) is 0 Å². The van der Waals surface area contributed by atoms with Crippen LogP contribution in [-0.2, 0) is 15.8 Å². The van der Waals surface area contributed by atoms with E-state index in [0.717, 1.165) is 17.1 Å². The van der Waals surface area contributed by atoms with E-state index in [1.165, 1.54) is 18.4 Å². The SMILES string of the molecule is CC(CO)CSCc1cccc(S(=O)(=O)N(C)C)c1. The molecule has 108 valence electrons. The van der Waals surface area contributed by atoms with Gasteiger partial charge in [0, 0.05) is 26.5 Å². The zero-order valence-electron chi connectivity index (χ0n) is 11.5. The van der Waals surface area contributed by atoms with E-state index >= 15 is 0 Å². The molecular formula is C13H21NO3S2. The molecule has 6 heteroatoms. The minimum atomic E-state index is -3.36. The van der Waals surface area contributed by atoms with Crippen molar-refractivity contribution in [2.75, 3.05) is 26.5 Å². The molecule has 0 saturated heterocycles. The molecule has 0 aliphatic carbocycles. The Hall–Kier alpha value is -0.560. The predicted octanol–water partition coefficient (Wildman–Crippen LogP) is 1.80. The highest BCUT2D eigenvalue weighted by molar-refractivity contribution is 7.98. The molecule has 19 heavy (non-hydrogen) atoms. The highest BCUT2D eigenvalue weighted by Crippen LogP contribution is 2.19. The highest BCUT2D eigenvalue weighted by atomic mass is 32.2. The fraction of sp³-hybridized carbons (Fsp3) is 0.538. The zero-order valence-corrected chi connectivity index (χ0v) is 13.2. The molecule has 1 unspecified atom stereocenters. The minimum absolute atomic E-state index is 0.183. The summed E-state index contributed by atoms with van der Waals surface area (Å²) < 4.78 is 25.2. The largest absolute Gasteiger partial charge is 0.396 e. The average molecular weight is 303 g/mol. The maximum Gasteiger partial charge on any atom is 0.242 e. The van der Waals surface area contributed by atoms with Gasteiger partial charge in [0.15, 0.2) is 0 Å². The molecule has 0 aliphatic rings. The third-order valence-corrected chi connectivity index (χ3v) is 5.81. The number of aliphatic hydroxyl groups is 1. The summed E-state index contributed by atoms with van der Waals surface area (Å²) in [5, 5.41) is 8.95. The van der Waals surface area contributed by atoms with Crippen molar-refractivity contribution in [3.8, 4) is 0 Å². The van der Waals surface area contributed by atoms with E-state index in [1.807, 2.05) is 13.0 Å². The molecule has 0 spiro atoms. The highest BCUT2D eigenvalue weighted by Gasteiger charge is 2.17. The summed E-state index contributed by atoms with van der Waals surface area (Å²) in [5.41, 5.74) is 0.984. The number of hydrogen-bond donors (Lipinski definition) is 1. The minimum Gasteiger partial charge on any atom is -0.396 e.